The highest BCUT2D eigenvalue weighted by Gasteiger charge is 2.41. The number of fused-ring (bicyclic) bond motifs is 1. The van der Waals surface area contributed by atoms with E-state index in [2.05, 4.69) is 20.6 Å². The Labute approximate surface area is 232 Å². The number of aromatic nitrogens is 2. The lowest BCUT2D eigenvalue weighted by Gasteiger charge is -2.32. The van der Waals surface area contributed by atoms with Crippen LogP contribution < -0.4 is 10.6 Å². The molecule has 1 saturated heterocycles. The van der Waals surface area contributed by atoms with E-state index in [0.29, 0.717) is 49.3 Å². The molecule has 3 aliphatic rings. The molecule has 1 aromatic heterocycles. The number of anilines is 2. The van der Waals surface area contributed by atoms with Crippen LogP contribution in [0, 0.1) is 5.82 Å². The lowest BCUT2D eigenvalue weighted by molar-refractivity contribution is -0.137. The lowest BCUT2D eigenvalue weighted by atomic mass is 9.97. The van der Waals surface area contributed by atoms with Crippen LogP contribution in [0.2, 0.25) is 0 Å². The van der Waals surface area contributed by atoms with Crippen molar-refractivity contribution in [3.05, 3.63) is 95.9 Å². The number of hydrogen-bond acceptors (Lipinski definition) is 7. The number of nitrogens with zero attached hydrogens (tertiary/aromatic N) is 5. The van der Waals surface area contributed by atoms with Crippen molar-refractivity contribution in [1.29, 1.82) is 0 Å². The highest BCUT2D eigenvalue weighted by molar-refractivity contribution is 5.89. The average molecular weight is 568 g/mol. The van der Waals surface area contributed by atoms with E-state index in [1.165, 1.54) is 24.3 Å². The van der Waals surface area contributed by atoms with Gasteiger partial charge in [-0.3, -0.25) is 4.90 Å². The zero-order valence-corrected chi connectivity index (χ0v) is 21.6. The Morgan fingerprint density at radius 2 is 1.73 bits per heavy atom. The monoisotopic (exact) mass is 567 g/mol. The molecule has 9 nitrogen and oxygen atoms in total. The molecular formula is C28H25F4N7O2. The van der Waals surface area contributed by atoms with Gasteiger partial charge in [0, 0.05) is 37.2 Å². The number of carbonyl (C=O) groups is 1. The van der Waals surface area contributed by atoms with E-state index in [9.17, 15) is 22.4 Å². The van der Waals surface area contributed by atoms with Crippen molar-refractivity contribution in [2.24, 2.45) is 4.99 Å². The fourth-order valence-electron chi connectivity index (χ4n) is 5.11. The number of urea groups is 1. The number of benzene rings is 2. The molecule has 2 aromatic carbocycles. The number of ether oxygens (including phenoxy) is 1. The third-order valence-corrected chi connectivity index (χ3v) is 7.23. The topological polar surface area (TPSA) is 95.0 Å². The molecule has 1 fully saturated rings. The fourth-order valence-corrected chi connectivity index (χ4v) is 5.11. The Hall–Kier alpha value is -4.68. The summed E-state index contributed by atoms with van der Waals surface area (Å²) in [6, 6.07) is 11.8. The Morgan fingerprint density at radius 1 is 1.00 bits per heavy atom. The quantitative estimate of drug-likeness (QED) is 0.385. The van der Waals surface area contributed by atoms with Crippen LogP contribution in [-0.2, 0) is 10.9 Å². The maximum atomic E-state index is 13.5. The number of nitrogens with one attached hydrogen (secondary N) is 2. The van der Waals surface area contributed by atoms with Crippen LogP contribution in [0.25, 0.3) is 0 Å². The summed E-state index contributed by atoms with van der Waals surface area (Å²) >= 11 is 0. The molecule has 2 amide bonds. The second-order valence-electron chi connectivity index (χ2n) is 9.88. The molecule has 3 aliphatic heterocycles. The Bertz CT molecular complexity index is 1470. The molecule has 0 bridgehead atoms. The minimum atomic E-state index is -4.43. The van der Waals surface area contributed by atoms with E-state index in [0.717, 1.165) is 17.7 Å². The van der Waals surface area contributed by atoms with Crippen molar-refractivity contribution in [3.63, 3.8) is 0 Å². The minimum absolute atomic E-state index is 0.0127. The molecule has 4 heterocycles. The zero-order valence-electron chi connectivity index (χ0n) is 21.6. The highest BCUT2D eigenvalue weighted by Crippen LogP contribution is 2.43. The normalized spacial score (nSPS) is 20.4. The number of likely N-dealkylation sites (tertiary alicyclic amines) is 1. The number of amidine groups is 1. The van der Waals surface area contributed by atoms with E-state index >= 15 is 0 Å². The number of alkyl halides is 3. The minimum Gasteiger partial charge on any atom is -0.432 e. The van der Waals surface area contributed by atoms with Gasteiger partial charge in [-0.15, -0.1) is 0 Å². The summed E-state index contributed by atoms with van der Waals surface area (Å²) in [4.78, 5) is 30.0. The largest absolute Gasteiger partial charge is 0.432 e. The van der Waals surface area contributed by atoms with Crippen LogP contribution in [0.15, 0.2) is 78.2 Å². The smallest absolute Gasteiger partial charge is 0.416 e. The van der Waals surface area contributed by atoms with Gasteiger partial charge in [-0.2, -0.15) is 13.2 Å². The van der Waals surface area contributed by atoms with Gasteiger partial charge in [0.05, 0.1) is 11.3 Å². The summed E-state index contributed by atoms with van der Waals surface area (Å²) < 4.78 is 57.4. The molecule has 212 valence electrons. The molecule has 0 spiro atoms. The SMILES string of the molecule is O=C(Nc1ccc(C(F)(F)F)cc1)N1CCC(Nc2nccc(C3C(c4ccc(F)cc4)N=C4OC=CN43)n2)CC1. The highest BCUT2D eigenvalue weighted by atomic mass is 19.4. The average Bonchev–Trinajstić information content (AvgIpc) is 3.56. The zero-order chi connectivity index (χ0) is 28.6. The summed E-state index contributed by atoms with van der Waals surface area (Å²) in [5.41, 5.74) is 1.06. The van der Waals surface area contributed by atoms with Crippen molar-refractivity contribution < 1.29 is 27.1 Å². The molecule has 6 rings (SSSR count). The van der Waals surface area contributed by atoms with E-state index in [1.54, 1.807) is 35.7 Å². The van der Waals surface area contributed by atoms with Crippen molar-refractivity contribution in [2.45, 2.75) is 37.1 Å². The predicted molar refractivity (Wildman–Crippen MR) is 142 cm³/mol. The summed E-state index contributed by atoms with van der Waals surface area (Å²) in [6.45, 7) is 0.901. The molecule has 13 heteroatoms. The standard InChI is InChI=1S/C28H25F4N7O2/c29-19-5-1-17(2-6-19)23-24(39-15-16-41-27(39)37-23)22-9-12-33-25(36-22)34-21-10-13-38(14-11-21)26(40)35-20-7-3-18(4-8-20)28(30,31)32/h1-9,12,15-16,21,23-24H,10-11,13-14H2,(H,35,40)(H,33,34,36). The summed E-state index contributed by atoms with van der Waals surface area (Å²) in [7, 11) is 0. The first-order chi connectivity index (χ1) is 19.7. The Balaban J connectivity index is 1.08. The number of hydrogen-bond donors (Lipinski definition) is 2. The van der Waals surface area contributed by atoms with E-state index in [1.807, 2.05) is 11.0 Å². The number of carbonyl (C=O) groups excluding carboxylic acids is 1. The molecule has 3 aromatic rings. The van der Waals surface area contributed by atoms with Gasteiger partial charge < -0.3 is 20.3 Å². The van der Waals surface area contributed by atoms with Gasteiger partial charge in [0.25, 0.3) is 6.02 Å². The van der Waals surface area contributed by atoms with Gasteiger partial charge in [0.2, 0.25) is 5.95 Å². The third-order valence-electron chi connectivity index (χ3n) is 7.23. The maximum absolute atomic E-state index is 13.5. The van der Waals surface area contributed by atoms with Gasteiger partial charge >= 0.3 is 12.2 Å². The molecule has 0 aliphatic carbocycles. The van der Waals surface area contributed by atoms with Crippen LogP contribution in [0.5, 0.6) is 0 Å². The van der Waals surface area contributed by atoms with E-state index < -0.39 is 11.7 Å². The second kappa shape index (κ2) is 10.7. The number of piperidine rings is 1. The Kier molecular flexibility index (Phi) is 6.93. The fraction of sp³-hybridized carbons (Fsp3) is 0.286. The van der Waals surface area contributed by atoms with E-state index in [4.69, 9.17) is 9.72 Å². The van der Waals surface area contributed by atoms with Crippen LogP contribution in [0.4, 0.5) is 34.0 Å². The number of halogens is 4. The second-order valence-corrected chi connectivity index (χ2v) is 9.88. The van der Waals surface area contributed by atoms with Crippen LogP contribution >= 0.6 is 0 Å². The Morgan fingerprint density at radius 3 is 2.44 bits per heavy atom. The number of rotatable bonds is 5. The summed E-state index contributed by atoms with van der Waals surface area (Å²) in [5.74, 6) is 0.106. The first-order valence-corrected chi connectivity index (χ1v) is 13.0. The molecule has 2 atom stereocenters. The molecular weight excluding hydrogens is 542 g/mol. The van der Waals surface area contributed by atoms with Crippen LogP contribution in [-0.4, -0.2) is 51.0 Å². The molecule has 41 heavy (non-hydrogen) atoms. The van der Waals surface area contributed by atoms with Gasteiger partial charge in [-0.1, -0.05) is 12.1 Å². The lowest BCUT2D eigenvalue weighted by Crippen LogP contribution is -2.44. The predicted octanol–water partition coefficient (Wildman–Crippen LogP) is 5.70. The van der Waals surface area contributed by atoms with Crippen molar-refractivity contribution in [3.8, 4) is 0 Å². The first-order valence-electron chi connectivity index (χ1n) is 13.0. The number of aliphatic imine (C=N–C) groups is 1. The van der Waals surface area contributed by atoms with Crippen molar-refractivity contribution >= 4 is 23.7 Å². The van der Waals surface area contributed by atoms with Crippen LogP contribution in [0.1, 0.15) is 41.7 Å². The summed E-state index contributed by atoms with van der Waals surface area (Å²) in [6.07, 6.45) is 1.83. The van der Waals surface area contributed by atoms with E-state index in [-0.39, 0.29) is 30.0 Å². The third kappa shape index (κ3) is 5.65. The van der Waals surface area contributed by atoms with Crippen LogP contribution in [0.3, 0.4) is 0 Å². The van der Waals surface area contributed by atoms with Gasteiger partial charge in [-0.25, -0.2) is 24.1 Å². The first kappa shape index (κ1) is 26.5. The van der Waals surface area contributed by atoms with Gasteiger partial charge in [0.15, 0.2) is 0 Å². The van der Waals surface area contributed by atoms with Crippen molar-refractivity contribution in [1.82, 2.24) is 19.8 Å². The summed E-state index contributed by atoms with van der Waals surface area (Å²) in [5, 5.41) is 6.01. The van der Waals surface area contributed by atoms with Crippen molar-refractivity contribution in [2.75, 3.05) is 23.7 Å². The molecule has 0 saturated carbocycles. The number of amides is 2. The van der Waals surface area contributed by atoms with Gasteiger partial charge in [0.1, 0.15) is 24.2 Å². The maximum Gasteiger partial charge on any atom is 0.416 e. The molecule has 2 N–H and O–H groups in total. The molecule has 0 radical (unpaired) electrons. The molecule has 2 unspecified atom stereocenters. The van der Waals surface area contributed by atoms with Gasteiger partial charge in [-0.05, 0) is 60.9 Å².